The van der Waals surface area contributed by atoms with E-state index in [2.05, 4.69) is 0 Å². The molecule has 0 saturated carbocycles. The lowest BCUT2D eigenvalue weighted by Gasteiger charge is -2.04. The lowest BCUT2D eigenvalue weighted by atomic mass is 10.2. The quantitative estimate of drug-likeness (QED) is 0.780. The molecule has 1 unspecified atom stereocenters. The largest absolute Gasteiger partial charge is 0.480 e. The Morgan fingerprint density at radius 1 is 1.38 bits per heavy atom. The average Bonchev–Trinajstić information content (AvgIpc) is 2.98. The number of nitrogens with zero attached hydrogens (tertiary/aromatic N) is 1. The van der Waals surface area contributed by atoms with E-state index in [-0.39, 0.29) is 11.4 Å². The number of sulfonamides is 1. The molecule has 16 heavy (non-hydrogen) atoms. The monoisotopic (exact) mass is 241 g/mol. The number of carboxylic acids is 1. The molecule has 1 fully saturated rings. The number of benzene rings is 1. The molecule has 1 saturated heterocycles. The molecule has 0 amide bonds. The summed E-state index contributed by atoms with van der Waals surface area (Å²) in [5.74, 6) is -1.10. The molecule has 1 N–H and O–H groups in total. The number of aryl methyl sites for hydroxylation is 1. The topological polar surface area (TPSA) is 74.5 Å². The van der Waals surface area contributed by atoms with Crippen LogP contribution in [0.15, 0.2) is 29.2 Å². The van der Waals surface area contributed by atoms with Crippen LogP contribution in [-0.4, -0.2) is 36.4 Å². The summed E-state index contributed by atoms with van der Waals surface area (Å²) in [5.41, 5.74) is 0.958. The zero-order chi connectivity index (χ0) is 11.9. The fourth-order valence-electron chi connectivity index (χ4n) is 1.44. The van der Waals surface area contributed by atoms with E-state index < -0.39 is 22.0 Å². The van der Waals surface area contributed by atoms with Crippen molar-refractivity contribution >= 4 is 16.0 Å². The zero-order valence-electron chi connectivity index (χ0n) is 8.62. The second-order valence-electron chi connectivity index (χ2n) is 3.74. The van der Waals surface area contributed by atoms with Crippen molar-refractivity contribution in [1.82, 2.24) is 4.31 Å². The molecule has 0 spiro atoms. The van der Waals surface area contributed by atoms with Gasteiger partial charge in [-0.1, -0.05) is 17.7 Å². The Morgan fingerprint density at radius 2 is 1.94 bits per heavy atom. The Morgan fingerprint density at radius 3 is 2.38 bits per heavy atom. The summed E-state index contributed by atoms with van der Waals surface area (Å²) >= 11 is 0. The first kappa shape index (κ1) is 11.1. The van der Waals surface area contributed by atoms with E-state index >= 15 is 0 Å². The predicted molar refractivity (Wildman–Crippen MR) is 56.5 cm³/mol. The fourth-order valence-corrected chi connectivity index (χ4v) is 2.95. The van der Waals surface area contributed by atoms with Crippen LogP contribution in [0.3, 0.4) is 0 Å². The average molecular weight is 241 g/mol. The summed E-state index contributed by atoms with van der Waals surface area (Å²) in [5, 5.41) is 8.67. The van der Waals surface area contributed by atoms with Crippen LogP contribution in [0, 0.1) is 6.92 Å². The summed E-state index contributed by atoms with van der Waals surface area (Å²) in [4.78, 5) is 10.7. The molecule has 6 heteroatoms. The smallest absolute Gasteiger partial charge is 0.323 e. The molecule has 0 aliphatic carbocycles. The SMILES string of the molecule is Cc1ccc(S(=O)(=O)N2C[C@@H]2C(=O)O)cc1. The molecule has 1 aliphatic heterocycles. The van der Waals surface area contributed by atoms with Gasteiger partial charge in [0.05, 0.1) is 4.90 Å². The van der Waals surface area contributed by atoms with Crippen molar-refractivity contribution < 1.29 is 18.3 Å². The number of rotatable bonds is 3. The highest BCUT2D eigenvalue weighted by Crippen LogP contribution is 2.28. The molecule has 5 nitrogen and oxygen atoms in total. The molecule has 1 aliphatic rings. The van der Waals surface area contributed by atoms with E-state index in [1.54, 1.807) is 12.1 Å². The summed E-state index contributed by atoms with van der Waals surface area (Å²) in [6, 6.07) is 5.45. The molecule has 0 bridgehead atoms. The van der Waals surface area contributed by atoms with Crippen LogP contribution in [0.25, 0.3) is 0 Å². The number of aliphatic carboxylic acids is 1. The van der Waals surface area contributed by atoms with Gasteiger partial charge in [0.1, 0.15) is 6.04 Å². The van der Waals surface area contributed by atoms with Crippen LogP contribution >= 0.6 is 0 Å². The first-order chi connectivity index (χ1) is 7.43. The minimum Gasteiger partial charge on any atom is -0.480 e. The van der Waals surface area contributed by atoms with Crippen LogP contribution in [0.4, 0.5) is 0 Å². The highest BCUT2D eigenvalue weighted by Gasteiger charge is 2.49. The third-order valence-corrected chi connectivity index (χ3v) is 4.37. The van der Waals surface area contributed by atoms with Gasteiger partial charge in [0.25, 0.3) is 0 Å². The lowest BCUT2D eigenvalue weighted by molar-refractivity contribution is -0.136. The molecule has 1 aromatic carbocycles. The van der Waals surface area contributed by atoms with Gasteiger partial charge >= 0.3 is 5.97 Å². The summed E-state index contributed by atoms with van der Waals surface area (Å²) < 4.78 is 24.7. The maximum Gasteiger partial charge on any atom is 0.323 e. The van der Waals surface area contributed by atoms with Crippen LogP contribution in [0.1, 0.15) is 5.56 Å². The zero-order valence-corrected chi connectivity index (χ0v) is 9.44. The van der Waals surface area contributed by atoms with Gasteiger partial charge in [0.15, 0.2) is 0 Å². The standard InChI is InChI=1S/C10H11NO4S/c1-7-2-4-8(5-3-7)16(14,15)11-6-9(11)10(12)13/h2-5,9H,6H2,1H3,(H,12,13)/t9-,11?/m1/s1. The normalized spacial score (nSPS) is 24.1. The van der Waals surface area contributed by atoms with E-state index in [4.69, 9.17) is 5.11 Å². The molecular weight excluding hydrogens is 230 g/mol. The highest BCUT2D eigenvalue weighted by molar-refractivity contribution is 7.89. The number of hydrogen-bond donors (Lipinski definition) is 1. The van der Waals surface area contributed by atoms with Gasteiger partial charge < -0.3 is 5.11 Å². The van der Waals surface area contributed by atoms with Crippen molar-refractivity contribution in [2.24, 2.45) is 0 Å². The Bertz CT molecular complexity index is 520. The van der Waals surface area contributed by atoms with Crippen molar-refractivity contribution in [3.8, 4) is 0 Å². The van der Waals surface area contributed by atoms with Crippen LogP contribution in [0.5, 0.6) is 0 Å². The molecule has 0 aromatic heterocycles. The van der Waals surface area contributed by atoms with E-state index in [1.165, 1.54) is 12.1 Å². The van der Waals surface area contributed by atoms with Crippen molar-refractivity contribution in [2.75, 3.05) is 6.54 Å². The van der Waals surface area contributed by atoms with Gasteiger partial charge in [-0.3, -0.25) is 4.79 Å². The molecular formula is C10H11NO4S. The van der Waals surface area contributed by atoms with Gasteiger partial charge in [-0.25, -0.2) is 8.42 Å². The Labute approximate surface area is 93.4 Å². The minimum absolute atomic E-state index is 0.0611. The van der Waals surface area contributed by atoms with Gasteiger partial charge in [-0.05, 0) is 19.1 Å². The Balaban J connectivity index is 2.28. The third kappa shape index (κ3) is 1.81. The van der Waals surface area contributed by atoms with Gasteiger partial charge in [-0.2, -0.15) is 4.31 Å². The van der Waals surface area contributed by atoms with Crippen molar-refractivity contribution in [3.05, 3.63) is 29.8 Å². The Kier molecular flexibility index (Phi) is 2.47. The second-order valence-corrected chi connectivity index (χ2v) is 5.63. The van der Waals surface area contributed by atoms with Gasteiger partial charge in [0, 0.05) is 6.54 Å². The van der Waals surface area contributed by atoms with Crippen molar-refractivity contribution in [3.63, 3.8) is 0 Å². The number of carbonyl (C=O) groups is 1. The van der Waals surface area contributed by atoms with E-state index in [1.807, 2.05) is 6.92 Å². The Hall–Kier alpha value is -1.40. The first-order valence-corrected chi connectivity index (χ1v) is 6.18. The lowest BCUT2D eigenvalue weighted by Crippen LogP contribution is -2.19. The predicted octanol–water partition coefficient (Wildman–Crippen LogP) is 0.453. The maximum atomic E-state index is 11.9. The summed E-state index contributed by atoms with van der Waals surface area (Å²) in [6.45, 7) is 1.92. The molecule has 2 atom stereocenters. The van der Waals surface area contributed by atoms with Gasteiger partial charge in [0.2, 0.25) is 10.0 Å². The van der Waals surface area contributed by atoms with Crippen LogP contribution in [-0.2, 0) is 14.8 Å². The number of carboxylic acid groups (broad SMARTS) is 1. The van der Waals surface area contributed by atoms with Crippen LogP contribution in [0.2, 0.25) is 0 Å². The number of hydrogen-bond acceptors (Lipinski definition) is 3. The minimum atomic E-state index is -3.62. The second kappa shape index (κ2) is 3.57. The third-order valence-electron chi connectivity index (χ3n) is 2.48. The van der Waals surface area contributed by atoms with Crippen molar-refractivity contribution in [2.45, 2.75) is 17.9 Å². The molecule has 0 radical (unpaired) electrons. The van der Waals surface area contributed by atoms with E-state index in [9.17, 15) is 13.2 Å². The molecule has 2 rings (SSSR count). The fraction of sp³-hybridized carbons (Fsp3) is 0.300. The first-order valence-electron chi connectivity index (χ1n) is 4.74. The van der Waals surface area contributed by atoms with Crippen molar-refractivity contribution in [1.29, 1.82) is 0 Å². The summed E-state index contributed by atoms with van der Waals surface area (Å²) in [6.07, 6.45) is 0. The van der Waals surface area contributed by atoms with E-state index in [0.717, 1.165) is 9.87 Å². The molecule has 1 heterocycles. The van der Waals surface area contributed by atoms with E-state index in [0.29, 0.717) is 0 Å². The molecule has 1 aromatic rings. The van der Waals surface area contributed by atoms with Crippen LogP contribution < -0.4 is 0 Å². The highest BCUT2D eigenvalue weighted by atomic mass is 32.2. The maximum absolute atomic E-state index is 11.9. The van der Waals surface area contributed by atoms with Gasteiger partial charge in [-0.15, -0.1) is 0 Å². The molecule has 86 valence electrons. The summed E-state index contributed by atoms with van der Waals surface area (Å²) in [7, 11) is -3.62.